The molecule has 0 saturated heterocycles. The predicted molar refractivity (Wildman–Crippen MR) is 85.7 cm³/mol. The second-order valence-corrected chi connectivity index (χ2v) is 5.11. The molecular weight excluding hydrogens is 336 g/mol. The molecule has 2 rings (SSSR count). The highest BCUT2D eigenvalue weighted by Crippen LogP contribution is 2.27. The molecule has 0 radical (unpaired) electrons. The molecule has 0 spiro atoms. The van der Waals surface area contributed by atoms with Crippen LogP contribution in [0.4, 0.5) is 11.4 Å². The van der Waals surface area contributed by atoms with Gasteiger partial charge in [0, 0.05) is 22.3 Å². The molecule has 21 heavy (non-hydrogen) atoms. The van der Waals surface area contributed by atoms with Crippen molar-refractivity contribution in [3.05, 3.63) is 46.9 Å². The minimum absolute atomic E-state index is 0.104. The Hall–Kier alpha value is -2.21. The lowest BCUT2D eigenvalue weighted by atomic mass is 10.3. The fourth-order valence-electron chi connectivity index (χ4n) is 1.67. The van der Waals surface area contributed by atoms with Gasteiger partial charge in [0.25, 0.3) is 5.91 Å². The van der Waals surface area contributed by atoms with Gasteiger partial charge in [-0.05, 0) is 40.2 Å². The summed E-state index contributed by atoms with van der Waals surface area (Å²) >= 11 is 3.37. The topological polar surface area (TPSA) is 73.6 Å². The number of amides is 1. The second-order valence-electron chi connectivity index (χ2n) is 4.26. The Labute approximate surface area is 131 Å². The van der Waals surface area contributed by atoms with Crippen molar-refractivity contribution in [3.8, 4) is 11.5 Å². The van der Waals surface area contributed by atoms with Crippen LogP contribution in [0.15, 0.2) is 46.9 Å². The zero-order valence-electron chi connectivity index (χ0n) is 11.4. The Morgan fingerprint density at radius 2 is 2.05 bits per heavy atom. The minimum Gasteiger partial charge on any atom is -0.497 e. The molecule has 0 unspecified atom stereocenters. The lowest BCUT2D eigenvalue weighted by Crippen LogP contribution is -2.20. The second kappa shape index (κ2) is 6.99. The number of hydrogen-bond donors (Lipinski definition) is 2. The normalized spacial score (nSPS) is 10.0. The van der Waals surface area contributed by atoms with Crippen LogP contribution in [-0.2, 0) is 4.79 Å². The summed E-state index contributed by atoms with van der Waals surface area (Å²) in [6.07, 6.45) is 0. The molecule has 0 aliphatic rings. The van der Waals surface area contributed by atoms with Crippen LogP contribution in [0.2, 0.25) is 0 Å². The van der Waals surface area contributed by atoms with E-state index in [4.69, 9.17) is 15.2 Å². The SMILES string of the molecule is COc1ccc(Br)c(NC(=O)COc2cccc(N)c2)c1. The van der Waals surface area contributed by atoms with E-state index in [1.54, 1.807) is 49.6 Å². The summed E-state index contributed by atoms with van der Waals surface area (Å²) in [5.41, 5.74) is 6.85. The molecule has 3 N–H and O–H groups in total. The molecule has 6 heteroatoms. The third-order valence-electron chi connectivity index (χ3n) is 2.68. The van der Waals surface area contributed by atoms with Gasteiger partial charge in [0.15, 0.2) is 6.61 Å². The van der Waals surface area contributed by atoms with E-state index < -0.39 is 0 Å². The zero-order valence-corrected chi connectivity index (χ0v) is 13.0. The van der Waals surface area contributed by atoms with Gasteiger partial charge in [0.05, 0.1) is 12.8 Å². The van der Waals surface area contributed by atoms with Crippen molar-refractivity contribution in [2.45, 2.75) is 0 Å². The third-order valence-corrected chi connectivity index (χ3v) is 3.37. The molecule has 0 bridgehead atoms. The zero-order chi connectivity index (χ0) is 15.2. The molecule has 0 atom stereocenters. The van der Waals surface area contributed by atoms with Crippen LogP contribution in [0.3, 0.4) is 0 Å². The van der Waals surface area contributed by atoms with Gasteiger partial charge >= 0.3 is 0 Å². The van der Waals surface area contributed by atoms with E-state index in [0.717, 1.165) is 4.47 Å². The molecule has 0 aliphatic carbocycles. The van der Waals surface area contributed by atoms with Gasteiger partial charge in [-0.3, -0.25) is 4.79 Å². The number of carbonyl (C=O) groups is 1. The molecule has 2 aromatic rings. The first-order chi connectivity index (χ1) is 10.1. The fraction of sp³-hybridized carbons (Fsp3) is 0.133. The Bertz CT molecular complexity index is 647. The number of nitrogens with one attached hydrogen (secondary N) is 1. The van der Waals surface area contributed by atoms with Gasteiger partial charge in [-0.1, -0.05) is 6.07 Å². The Morgan fingerprint density at radius 1 is 1.24 bits per heavy atom. The summed E-state index contributed by atoms with van der Waals surface area (Å²) in [5, 5.41) is 2.75. The number of halogens is 1. The van der Waals surface area contributed by atoms with Crippen molar-refractivity contribution in [1.82, 2.24) is 0 Å². The van der Waals surface area contributed by atoms with Crippen molar-refractivity contribution in [2.75, 3.05) is 24.8 Å². The maximum atomic E-state index is 11.9. The average molecular weight is 351 g/mol. The Balaban J connectivity index is 1.96. The highest BCUT2D eigenvalue weighted by Gasteiger charge is 2.08. The van der Waals surface area contributed by atoms with Crippen LogP contribution in [0.5, 0.6) is 11.5 Å². The van der Waals surface area contributed by atoms with E-state index in [0.29, 0.717) is 22.9 Å². The van der Waals surface area contributed by atoms with Crippen LogP contribution in [-0.4, -0.2) is 19.6 Å². The average Bonchev–Trinajstić information content (AvgIpc) is 2.47. The minimum atomic E-state index is -0.272. The molecule has 0 saturated carbocycles. The summed E-state index contributed by atoms with van der Waals surface area (Å²) in [4.78, 5) is 11.9. The summed E-state index contributed by atoms with van der Waals surface area (Å²) < 4.78 is 11.3. The molecule has 0 heterocycles. The third kappa shape index (κ3) is 4.39. The van der Waals surface area contributed by atoms with E-state index in [-0.39, 0.29) is 12.5 Å². The summed E-state index contributed by atoms with van der Waals surface area (Å²) in [7, 11) is 1.57. The molecule has 0 fully saturated rings. The predicted octanol–water partition coefficient (Wildman–Crippen LogP) is 3.06. The number of hydrogen-bond acceptors (Lipinski definition) is 4. The number of carbonyl (C=O) groups excluding carboxylic acids is 1. The highest BCUT2D eigenvalue weighted by atomic mass is 79.9. The van der Waals surface area contributed by atoms with Crippen molar-refractivity contribution >= 4 is 33.2 Å². The van der Waals surface area contributed by atoms with Gasteiger partial charge in [0.2, 0.25) is 0 Å². The highest BCUT2D eigenvalue weighted by molar-refractivity contribution is 9.10. The molecule has 110 valence electrons. The number of nitrogen functional groups attached to an aromatic ring is 1. The van der Waals surface area contributed by atoms with Gasteiger partial charge in [-0.2, -0.15) is 0 Å². The summed E-state index contributed by atoms with van der Waals surface area (Å²) in [5.74, 6) is 0.937. The van der Waals surface area contributed by atoms with Gasteiger partial charge in [-0.25, -0.2) is 0 Å². The molecule has 0 aromatic heterocycles. The maximum Gasteiger partial charge on any atom is 0.262 e. The molecule has 5 nitrogen and oxygen atoms in total. The fourth-order valence-corrected chi connectivity index (χ4v) is 2.01. The first-order valence-corrected chi connectivity index (χ1v) is 6.99. The molecule has 0 aliphatic heterocycles. The smallest absolute Gasteiger partial charge is 0.262 e. The van der Waals surface area contributed by atoms with Gasteiger partial charge < -0.3 is 20.5 Å². The van der Waals surface area contributed by atoms with Gasteiger partial charge in [-0.15, -0.1) is 0 Å². The van der Waals surface area contributed by atoms with E-state index in [1.807, 2.05) is 0 Å². The monoisotopic (exact) mass is 350 g/mol. The van der Waals surface area contributed by atoms with Crippen molar-refractivity contribution in [3.63, 3.8) is 0 Å². The number of nitrogens with two attached hydrogens (primary N) is 1. The van der Waals surface area contributed by atoms with Crippen molar-refractivity contribution < 1.29 is 14.3 Å². The Morgan fingerprint density at radius 3 is 2.76 bits per heavy atom. The number of ether oxygens (including phenoxy) is 2. The van der Waals surface area contributed by atoms with Crippen molar-refractivity contribution in [1.29, 1.82) is 0 Å². The molecular formula is C15H15BrN2O3. The Kier molecular flexibility index (Phi) is 5.05. The van der Waals surface area contributed by atoms with Crippen LogP contribution >= 0.6 is 15.9 Å². The van der Waals surface area contributed by atoms with E-state index in [1.165, 1.54) is 0 Å². The first kappa shape index (κ1) is 15.2. The van der Waals surface area contributed by atoms with Crippen LogP contribution in [0.25, 0.3) is 0 Å². The summed E-state index contributed by atoms with van der Waals surface area (Å²) in [6, 6.07) is 12.2. The first-order valence-electron chi connectivity index (χ1n) is 6.20. The summed E-state index contributed by atoms with van der Waals surface area (Å²) in [6.45, 7) is -0.104. The number of methoxy groups -OCH3 is 1. The van der Waals surface area contributed by atoms with Crippen LogP contribution < -0.4 is 20.5 Å². The number of rotatable bonds is 5. The standard InChI is InChI=1S/C15H15BrN2O3/c1-20-11-5-6-13(16)14(8-11)18-15(19)9-21-12-4-2-3-10(17)7-12/h2-8H,9,17H2,1H3,(H,18,19). The molecule has 2 aromatic carbocycles. The van der Waals surface area contributed by atoms with Crippen molar-refractivity contribution in [2.24, 2.45) is 0 Å². The molecule has 1 amide bonds. The van der Waals surface area contributed by atoms with E-state index >= 15 is 0 Å². The van der Waals surface area contributed by atoms with E-state index in [2.05, 4.69) is 21.2 Å². The number of anilines is 2. The van der Waals surface area contributed by atoms with Crippen LogP contribution in [0.1, 0.15) is 0 Å². The lowest BCUT2D eigenvalue weighted by Gasteiger charge is -2.10. The lowest BCUT2D eigenvalue weighted by molar-refractivity contribution is -0.118. The largest absolute Gasteiger partial charge is 0.497 e. The van der Waals surface area contributed by atoms with E-state index in [9.17, 15) is 4.79 Å². The quantitative estimate of drug-likeness (QED) is 0.812. The number of benzene rings is 2. The van der Waals surface area contributed by atoms with Crippen LogP contribution in [0, 0.1) is 0 Å². The van der Waals surface area contributed by atoms with Gasteiger partial charge in [0.1, 0.15) is 11.5 Å². The maximum absolute atomic E-state index is 11.9.